The van der Waals surface area contributed by atoms with Crippen LogP contribution in [0.15, 0.2) is 16.2 Å². The van der Waals surface area contributed by atoms with Crippen molar-refractivity contribution >= 4 is 39.7 Å². The van der Waals surface area contributed by atoms with Crippen LogP contribution in [-0.4, -0.2) is 28.7 Å². The monoisotopic (exact) mass is 285 g/mol. The number of aromatic amines is 1. The molecule has 96 valence electrons. The molecule has 2 aromatic heterocycles. The molecule has 3 N–H and O–H groups in total. The predicted octanol–water partition coefficient (Wildman–Crippen LogP) is 0.622. The minimum atomic E-state index is -0.541. The van der Waals surface area contributed by atoms with Gasteiger partial charge in [0.25, 0.3) is 5.56 Å². The number of hydrogen-bond donors (Lipinski definition) is 2. The van der Waals surface area contributed by atoms with Crippen molar-refractivity contribution in [2.24, 2.45) is 5.73 Å². The number of carbonyl (C=O) groups excluding carboxylic acids is 1. The number of hydrogen-bond acceptors (Lipinski definition) is 5. The number of nitrogens with two attached hydrogens (primary N) is 1. The standard InChI is InChI=1S/C10H11N3O3S2/c11-7(14)5-16-3-2-13-9(15)8-6(1-4-18-8)12-10(13)17/h1,4H,2-3,5H2,(H2,11,14)(H,12,17). The molecular weight excluding hydrogens is 274 g/mol. The molecule has 0 bridgehead atoms. The van der Waals surface area contributed by atoms with Crippen LogP contribution in [0.1, 0.15) is 0 Å². The molecule has 18 heavy (non-hydrogen) atoms. The van der Waals surface area contributed by atoms with Gasteiger partial charge in [-0.15, -0.1) is 11.3 Å². The number of thiophene rings is 1. The summed E-state index contributed by atoms with van der Waals surface area (Å²) in [5, 5.41) is 1.82. The number of aromatic nitrogens is 2. The van der Waals surface area contributed by atoms with Gasteiger partial charge in [0, 0.05) is 0 Å². The van der Waals surface area contributed by atoms with Gasteiger partial charge in [-0.1, -0.05) is 0 Å². The van der Waals surface area contributed by atoms with Crippen LogP contribution < -0.4 is 11.3 Å². The van der Waals surface area contributed by atoms with Gasteiger partial charge in [-0.2, -0.15) is 0 Å². The molecule has 0 aliphatic rings. The van der Waals surface area contributed by atoms with E-state index in [9.17, 15) is 9.59 Å². The van der Waals surface area contributed by atoms with Gasteiger partial charge in [0.1, 0.15) is 11.3 Å². The van der Waals surface area contributed by atoms with Crippen LogP contribution >= 0.6 is 23.6 Å². The third kappa shape index (κ3) is 2.66. The number of amides is 1. The number of fused-ring (bicyclic) bond motifs is 1. The van der Waals surface area contributed by atoms with Crippen molar-refractivity contribution in [3.05, 3.63) is 26.6 Å². The van der Waals surface area contributed by atoms with Crippen LogP contribution in [0.25, 0.3) is 10.2 Å². The summed E-state index contributed by atoms with van der Waals surface area (Å²) in [5.41, 5.74) is 5.53. The molecular formula is C10H11N3O3S2. The van der Waals surface area contributed by atoms with E-state index in [4.69, 9.17) is 22.7 Å². The van der Waals surface area contributed by atoms with E-state index in [0.29, 0.717) is 9.47 Å². The highest BCUT2D eigenvalue weighted by molar-refractivity contribution is 7.71. The maximum absolute atomic E-state index is 12.1. The molecule has 6 nitrogen and oxygen atoms in total. The zero-order valence-corrected chi connectivity index (χ0v) is 11.0. The number of carbonyl (C=O) groups is 1. The van der Waals surface area contributed by atoms with Crippen LogP contribution in [-0.2, 0) is 16.1 Å². The SMILES string of the molecule is NC(=O)COCCn1c(=S)[nH]c2ccsc2c1=O. The highest BCUT2D eigenvalue weighted by Crippen LogP contribution is 2.13. The molecule has 0 fully saturated rings. The van der Waals surface area contributed by atoms with E-state index < -0.39 is 5.91 Å². The van der Waals surface area contributed by atoms with Gasteiger partial charge in [-0.3, -0.25) is 14.2 Å². The van der Waals surface area contributed by atoms with Crippen molar-refractivity contribution in [1.82, 2.24) is 9.55 Å². The topological polar surface area (TPSA) is 90.1 Å². The molecule has 0 aliphatic carbocycles. The fourth-order valence-corrected chi connectivity index (χ4v) is 2.58. The Morgan fingerprint density at radius 3 is 3.11 bits per heavy atom. The zero-order valence-electron chi connectivity index (χ0n) is 9.34. The quantitative estimate of drug-likeness (QED) is 0.622. The van der Waals surface area contributed by atoms with Crippen LogP contribution in [0.3, 0.4) is 0 Å². The first-order valence-electron chi connectivity index (χ1n) is 5.16. The summed E-state index contributed by atoms with van der Waals surface area (Å²) in [6, 6.07) is 1.81. The molecule has 0 atom stereocenters. The second kappa shape index (κ2) is 5.42. The number of ether oxygens (including phenoxy) is 1. The summed E-state index contributed by atoms with van der Waals surface area (Å²) in [6.07, 6.45) is 0. The molecule has 0 aliphatic heterocycles. The van der Waals surface area contributed by atoms with Crippen molar-refractivity contribution in [2.45, 2.75) is 6.54 Å². The number of nitrogens with zero attached hydrogens (tertiary/aromatic N) is 1. The molecule has 0 radical (unpaired) electrons. The van der Waals surface area contributed by atoms with Crippen molar-refractivity contribution in [1.29, 1.82) is 0 Å². The molecule has 0 spiro atoms. The Labute approximate surface area is 111 Å². The van der Waals surface area contributed by atoms with Gasteiger partial charge in [0.2, 0.25) is 5.91 Å². The molecule has 0 aromatic carbocycles. The molecule has 8 heteroatoms. The zero-order chi connectivity index (χ0) is 13.1. The molecule has 1 amide bonds. The fourth-order valence-electron chi connectivity index (χ4n) is 1.50. The van der Waals surface area contributed by atoms with Crippen molar-refractivity contribution < 1.29 is 9.53 Å². The average Bonchev–Trinajstić information content (AvgIpc) is 2.75. The summed E-state index contributed by atoms with van der Waals surface area (Å²) in [7, 11) is 0. The minimum absolute atomic E-state index is 0.147. The van der Waals surface area contributed by atoms with E-state index >= 15 is 0 Å². The Morgan fingerprint density at radius 1 is 1.61 bits per heavy atom. The Bertz CT molecular complexity index is 685. The van der Waals surface area contributed by atoms with Gasteiger partial charge in [-0.05, 0) is 23.7 Å². The van der Waals surface area contributed by atoms with E-state index in [-0.39, 0.29) is 25.3 Å². The van der Waals surface area contributed by atoms with Crippen LogP contribution in [0.2, 0.25) is 0 Å². The number of primary amides is 1. The van der Waals surface area contributed by atoms with E-state index in [1.807, 2.05) is 11.4 Å². The Morgan fingerprint density at radius 2 is 2.39 bits per heavy atom. The number of rotatable bonds is 5. The molecule has 0 saturated heterocycles. The van der Waals surface area contributed by atoms with Gasteiger partial charge in [-0.25, -0.2) is 0 Å². The summed E-state index contributed by atoms with van der Waals surface area (Å²) >= 11 is 6.45. The normalized spacial score (nSPS) is 10.9. The van der Waals surface area contributed by atoms with Gasteiger partial charge in [0.15, 0.2) is 4.77 Å². The molecule has 2 rings (SSSR count). The maximum atomic E-state index is 12.1. The molecule has 0 unspecified atom stereocenters. The smallest absolute Gasteiger partial charge is 0.272 e. The van der Waals surface area contributed by atoms with Gasteiger partial charge < -0.3 is 15.5 Å². The second-order valence-electron chi connectivity index (χ2n) is 3.57. The Hall–Kier alpha value is -1.51. The molecule has 2 heterocycles. The average molecular weight is 285 g/mol. The highest BCUT2D eigenvalue weighted by Gasteiger charge is 2.06. The third-order valence-electron chi connectivity index (χ3n) is 2.29. The highest BCUT2D eigenvalue weighted by atomic mass is 32.1. The van der Waals surface area contributed by atoms with Crippen LogP contribution in [0, 0.1) is 4.77 Å². The first-order valence-corrected chi connectivity index (χ1v) is 6.45. The first-order chi connectivity index (χ1) is 8.59. The summed E-state index contributed by atoms with van der Waals surface area (Å²) in [6.45, 7) is 0.332. The molecule has 2 aromatic rings. The number of H-pyrrole nitrogens is 1. The lowest BCUT2D eigenvalue weighted by atomic mass is 10.4. The van der Waals surface area contributed by atoms with Crippen molar-refractivity contribution in [3.8, 4) is 0 Å². The maximum Gasteiger partial charge on any atom is 0.272 e. The summed E-state index contributed by atoms with van der Waals surface area (Å²) in [4.78, 5) is 25.5. The summed E-state index contributed by atoms with van der Waals surface area (Å²) in [5.74, 6) is -0.541. The van der Waals surface area contributed by atoms with Crippen LogP contribution in [0.4, 0.5) is 0 Å². The van der Waals surface area contributed by atoms with E-state index in [1.165, 1.54) is 15.9 Å². The van der Waals surface area contributed by atoms with E-state index in [1.54, 1.807) is 0 Å². The first kappa shape index (κ1) is 12.9. The van der Waals surface area contributed by atoms with Crippen molar-refractivity contribution in [3.63, 3.8) is 0 Å². The minimum Gasteiger partial charge on any atom is -0.370 e. The summed E-state index contributed by atoms with van der Waals surface area (Å²) < 4.78 is 7.39. The second-order valence-corrected chi connectivity index (χ2v) is 4.87. The molecule has 0 saturated carbocycles. The van der Waals surface area contributed by atoms with Crippen molar-refractivity contribution in [2.75, 3.05) is 13.2 Å². The third-order valence-corrected chi connectivity index (χ3v) is 3.52. The lowest BCUT2D eigenvalue weighted by Crippen LogP contribution is -2.25. The number of nitrogens with one attached hydrogen (secondary N) is 1. The van der Waals surface area contributed by atoms with Crippen LogP contribution in [0.5, 0.6) is 0 Å². The lowest BCUT2D eigenvalue weighted by molar-refractivity contribution is -0.122. The fraction of sp³-hybridized carbons (Fsp3) is 0.300. The van der Waals surface area contributed by atoms with Gasteiger partial charge >= 0.3 is 0 Å². The largest absolute Gasteiger partial charge is 0.370 e. The van der Waals surface area contributed by atoms with Gasteiger partial charge in [0.05, 0.1) is 18.7 Å². The predicted molar refractivity (Wildman–Crippen MR) is 71.3 cm³/mol. The lowest BCUT2D eigenvalue weighted by Gasteiger charge is -2.06. The van der Waals surface area contributed by atoms with E-state index in [0.717, 1.165) is 5.52 Å². The Balaban J connectivity index is 2.20. The Kier molecular flexibility index (Phi) is 3.90. The van der Waals surface area contributed by atoms with E-state index in [2.05, 4.69) is 4.98 Å².